The van der Waals surface area contributed by atoms with Gasteiger partial charge in [0.25, 0.3) is 0 Å². The highest BCUT2D eigenvalue weighted by Crippen LogP contribution is 2.26. The number of hydrogen-bond donors (Lipinski definition) is 2. The molecule has 146 valence electrons. The van der Waals surface area contributed by atoms with Crippen molar-refractivity contribution < 1.29 is 14.3 Å². The first-order valence-corrected chi connectivity index (χ1v) is 9.75. The van der Waals surface area contributed by atoms with Crippen molar-refractivity contribution >= 4 is 16.8 Å². The van der Waals surface area contributed by atoms with E-state index in [1.165, 1.54) is 12.1 Å². The standard InChI is InChI=1S/C22H24FN3O2/c23-17-5-3-4-15(10-17)16-7-8-20-21(11-16)26(22(14-27)25-20)13-19(28)12-18-6-1-2-9-24-18/h3-5,7-8,10-11,18,24,27H,1-2,6,9,12-14H2/t18-/m0/s1. The van der Waals surface area contributed by atoms with E-state index in [9.17, 15) is 14.3 Å². The summed E-state index contributed by atoms with van der Waals surface area (Å²) in [4.78, 5) is 17.1. The molecule has 0 spiro atoms. The molecule has 1 aromatic heterocycles. The highest BCUT2D eigenvalue weighted by molar-refractivity contribution is 5.85. The van der Waals surface area contributed by atoms with Crippen molar-refractivity contribution in [1.82, 2.24) is 14.9 Å². The van der Waals surface area contributed by atoms with Crippen LogP contribution in [0.25, 0.3) is 22.2 Å². The van der Waals surface area contributed by atoms with Gasteiger partial charge in [-0.25, -0.2) is 9.37 Å². The molecule has 0 unspecified atom stereocenters. The summed E-state index contributed by atoms with van der Waals surface area (Å²) in [5.41, 5.74) is 3.10. The number of nitrogens with one attached hydrogen (secondary N) is 1. The lowest BCUT2D eigenvalue weighted by Crippen LogP contribution is -2.36. The molecular formula is C22H24FN3O2. The molecule has 2 heterocycles. The minimum absolute atomic E-state index is 0.115. The zero-order valence-electron chi connectivity index (χ0n) is 15.7. The Balaban J connectivity index is 1.64. The summed E-state index contributed by atoms with van der Waals surface area (Å²) >= 11 is 0. The Hall–Kier alpha value is -2.57. The number of carbonyl (C=O) groups is 1. The highest BCUT2D eigenvalue weighted by atomic mass is 19.1. The van der Waals surface area contributed by atoms with Gasteiger partial charge in [-0.1, -0.05) is 24.6 Å². The Morgan fingerprint density at radius 3 is 2.82 bits per heavy atom. The molecule has 1 aliphatic heterocycles. The van der Waals surface area contributed by atoms with Crippen LogP contribution in [0, 0.1) is 5.82 Å². The number of nitrogens with zero attached hydrogens (tertiary/aromatic N) is 2. The fourth-order valence-electron chi connectivity index (χ4n) is 3.93. The Bertz CT molecular complexity index is 993. The van der Waals surface area contributed by atoms with Gasteiger partial charge in [-0.15, -0.1) is 0 Å². The van der Waals surface area contributed by atoms with Crippen LogP contribution in [0.1, 0.15) is 31.5 Å². The minimum Gasteiger partial charge on any atom is -0.388 e. The number of Topliss-reactive ketones (excluding diaryl/α,β-unsaturated/α-hetero) is 1. The molecule has 6 heteroatoms. The summed E-state index contributed by atoms with van der Waals surface area (Å²) in [5, 5.41) is 13.1. The number of halogens is 1. The topological polar surface area (TPSA) is 67.2 Å². The van der Waals surface area contributed by atoms with Crippen molar-refractivity contribution in [2.75, 3.05) is 6.54 Å². The zero-order chi connectivity index (χ0) is 19.5. The average Bonchev–Trinajstić information content (AvgIpc) is 3.05. The maximum atomic E-state index is 13.6. The first kappa shape index (κ1) is 18.8. The molecule has 1 aliphatic rings. The van der Waals surface area contributed by atoms with Crippen LogP contribution >= 0.6 is 0 Å². The van der Waals surface area contributed by atoms with Gasteiger partial charge in [-0.3, -0.25) is 4.79 Å². The monoisotopic (exact) mass is 381 g/mol. The van der Waals surface area contributed by atoms with Crippen molar-refractivity contribution in [2.24, 2.45) is 0 Å². The second kappa shape index (κ2) is 8.20. The van der Waals surface area contributed by atoms with Crippen molar-refractivity contribution in [3.63, 3.8) is 0 Å². The molecule has 2 N–H and O–H groups in total. The predicted octanol–water partition coefficient (Wildman–Crippen LogP) is 3.44. The zero-order valence-corrected chi connectivity index (χ0v) is 15.7. The number of piperidine rings is 1. The van der Waals surface area contributed by atoms with Crippen LogP contribution in [0.4, 0.5) is 4.39 Å². The number of carbonyl (C=O) groups excluding carboxylic acids is 1. The third-order valence-corrected chi connectivity index (χ3v) is 5.35. The third kappa shape index (κ3) is 3.98. The number of rotatable bonds is 6. The quantitative estimate of drug-likeness (QED) is 0.686. The van der Waals surface area contributed by atoms with Crippen LogP contribution in [0.2, 0.25) is 0 Å². The molecule has 28 heavy (non-hydrogen) atoms. The van der Waals surface area contributed by atoms with Gasteiger partial charge in [0, 0.05) is 12.5 Å². The molecule has 0 saturated carbocycles. The highest BCUT2D eigenvalue weighted by Gasteiger charge is 2.19. The maximum absolute atomic E-state index is 13.6. The smallest absolute Gasteiger partial charge is 0.154 e. The van der Waals surface area contributed by atoms with Gasteiger partial charge in [0.1, 0.15) is 18.2 Å². The Morgan fingerprint density at radius 2 is 2.07 bits per heavy atom. The molecule has 4 rings (SSSR count). The normalized spacial score (nSPS) is 17.1. The summed E-state index contributed by atoms with van der Waals surface area (Å²) < 4.78 is 15.4. The lowest BCUT2D eigenvalue weighted by molar-refractivity contribution is -0.120. The van der Waals surface area contributed by atoms with Gasteiger partial charge in [0.2, 0.25) is 0 Å². The van der Waals surface area contributed by atoms with Gasteiger partial charge in [-0.2, -0.15) is 0 Å². The number of benzene rings is 2. The van der Waals surface area contributed by atoms with Crippen molar-refractivity contribution in [1.29, 1.82) is 0 Å². The molecule has 1 atom stereocenters. The predicted molar refractivity (Wildman–Crippen MR) is 106 cm³/mol. The fourth-order valence-corrected chi connectivity index (χ4v) is 3.93. The first-order chi connectivity index (χ1) is 13.6. The summed E-state index contributed by atoms with van der Waals surface area (Å²) in [5.74, 6) is 0.290. The van der Waals surface area contributed by atoms with Gasteiger partial charge in [0.05, 0.1) is 17.6 Å². The molecule has 2 aromatic carbocycles. The number of fused-ring (bicyclic) bond motifs is 1. The van der Waals surface area contributed by atoms with E-state index in [-0.39, 0.29) is 30.8 Å². The molecule has 0 aliphatic carbocycles. The lowest BCUT2D eigenvalue weighted by atomic mass is 10.00. The van der Waals surface area contributed by atoms with E-state index in [1.54, 1.807) is 10.6 Å². The second-order valence-corrected chi connectivity index (χ2v) is 7.38. The number of aliphatic hydroxyl groups is 1. The van der Waals surface area contributed by atoms with Gasteiger partial charge in [-0.05, 0) is 54.8 Å². The third-order valence-electron chi connectivity index (χ3n) is 5.35. The Morgan fingerprint density at radius 1 is 1.21 bits per heavy atom. The van der Waals surface area contributed by atoms with Crippen molar-refractivity contribution in [2.45, 2.75) is 44.9 Å². The van der Waals surface area contributed by atoms with E-state index in [1.807, 2.05) is 24.3 Å². The Kier molecular flexibility index (Phi) is 5.50. The molecule has 0 radical (unpaired) electrons. The summed E-state index contributed by atoms with van der Waals surface area (Å²) in [6, 6.07) is 12.3. The largest absolute Gasteiger partial charge is 0.388 e. The van der Waals surface area contributed by atoms with Crippen molar-refractivity contribution in [3.05, 3.63) is 54.1 Å². The van der Waals surface area contributed by atoms with Gasteiger partial charge >= 0.3 is 0 Å². The van der Waals surface area contributed by atoms with Crippen LogP contribution in [-0.4, -0.2) is 33.0 Å². The molecule has 0 amide bonds. The van der Waals surface area contributed by atoms with E-state index < -0.39 is 0 Å². The summed E-state index contributed by atoms with van der Waals surface area (Å²) in [6.45, 7) is 0.904. The van der Waals surface area contributed by atoms with E-state index in [4.69, 9.17) is 0 Å². The maximum Gasteiger partial charge on any atom is 0.154 e. The Labute approximate surface area is 163 Å². The van der Waals surface area contributed by atoms with E-state index in [0.29, 0.717) is 17.8 Å². The summed E-state index contributed by atoms with van der Waals surface area (Å²) in [6.07, 6.45) is 3.81. The summed E-state index contributed by atoms with van der Waals surface area (Å²) in [7, 11) is 0. The van der Waals surface area contributed by atoms with Crippen LogP contribution in [0.3, 0.4) is 0 Å². The van der Waals surface area contributed by atoms with Gasteiger partial charge < -0.3 is 15.0 Å². The van der Waals surface area contributed by atoms with E-state index in [2.05, 4.69) is 10.3 Å². The molecule has 1 saturated heterocycles. The SMILES string of the molecule is O=C(C[C@@H]1CCCCN1)Cn1c(CO)nc2ccc(-c3cccc(F)c3)cc21. The van der Waals surface area contributed by atoms with Crippen LogP contribution in [0.15, 0.2) is 42.5 Å². The fraction of sp³-hybridized carbons (Fsp3) is 0.364. The molecule has 1 fully saturated rings. The van der Waals surface area contributed by atoms with Gasteiger partial charge in [0.15, 0.2) is 5.78 Å². The van der Waals surface area contributed by atoms with Crippen LogP contribution in [-0.2, 0) is 17.9 Å². The van der Waals surface area contributed by atoms with E-state index >= 15 is 0 Å². The first-order valence-electron chi connectivity index (χ1n) is 9.75. The molecule has 3 aromatic rings. The number of aromatic nitrogens is 2. The molecular weight excluding hydrogens is 357 g/mol. The van der Waals surface area contributed by atoms with Crippen molar-refractivity contribution in [3.8, 4) is 11.1 Å². The second-order valence-electron chi connectivity index (χ2n) is 7.38. The van der Waals surface area contributed by atoms with Crippen LogP contribution < -0.4 is 5.32 Å². The number of imidazole rings is 1. The minimum atomic E-state index is -0.294. The molecule has 0 bridgehead atoms. The number of ketones is 1. The number of aliphatic hydroxyl groups excluding tert-OH is 1. The lowest BCUT2D eigenvalue weighted by Gasteiger charge is -2.22. The van der Waals surface area contributed by atoms with E-state index in [0.717, 1.165) is 42.5 Å². The van der Waals surface area contributed by atoms with Crippen LogP contribution in [0.5, 0.6) is 0 Å². The molecule has 5 nitrogen and oxygen atoms in total. The number of hydrogen-bond acceptors (Lipinski definition) is 4. The average molecular weight is 381 g/mol.